The molecule has 0 aliphatic heterocycles. The van der Waals surface area contributed by atoms with Gasteiger partial charge >= 0.3 is 0 Å². The number of amides is 1. The van der Waals surface area contributed by atoms with Crippen LogP contribution in [0.4, 0.5) is 0 Å². The average molecular weight is 551 g/mol. The number of hydrogen-bond acceptors (Lipinski definition) is 4. The first-order chi connectivity index (χ1) is 17.9. The lowest BCUT2D eigenvalue weighted by atomic mass is 10.2. The van der Waals surface area contributed by atoms with Gasteiger partial charge in [-0.15, -0.1) is 0 Å². The van der Waals surface area contributed by atoms with Gasteiger partial charge in [0.05, 0.1) is 10.7 Å². The third-order valence-electron chi connectivity index (χ3n) is 6.15. The van der Waals surface area contributed by atoms with Gasteiger partial charge in [-0.3, -0.25) is 18.7 Å². The van der Waals surface area contributed by atoms with Gasteiger partial charge in [-0.2, -0.15) is 0 Å². The van der Waals surface area contributed by atoms with Crippen molar-refractivity contribution in [3.05, 3.63) is 104 Å². The second kappa shape index (κ2) is 9.34. The summed E-state index contributed by atoms with van der Waals surface area (Å²) in [6.07, 6.45) is 3.57. The zero-order valence-corrected chi connectivity index (χ0v) is 21.4. The van der Waals surface area contributed by atoms with E-state index in [4.69, 9.17) is 39.8 Å². The lowest BCUT2D eigenvalue weighted by Crippen LogP contribution is -2.25. The van der Waals surface area contributed by atoms with Crippen LogP contribution in [-0.2, 0) is 0 Å². The molecule has 6 rings (SSSR count). The number of nitrogens with zero attached hydrogens (tertiary/aromatic N) is 4. The molecule has 0 atom stereocenters. The van der Waals surface area contributed by atoms with Gasteiger partial charge in [0, 0.05) is 32.9 Å². The fourth-order valence-electron chi connectivity index (χ4n) is 4.12. The van der Waals surface area contributed by atoms with Gasteiger partial charge in [0.2, 0.25) is 0 Å². The second-order valence-electron chi connectivity index (χ2n) is 8.76. The summed E-state index contributed by atoms with van der Waals surface area (Å²) in [5.41, 5.74) is 2.50. The van der Waals surface area contributed by atoms with Crippen LogP contribution in [0.2, 0.25) is 15.1 Å². The molecule has 0 radical (unpaired) electrons. The number of halogens is 3. The molecule has 0 spiro atoms. The number of imidazole rings is 1. The zero-order valence-electron chi connectivity index (χ0n) is 19.2. The van der Waals surface area contributed by atoms with E-state index in [0.717, 1.165) is 12.8 Å². The highest BCUT2D eigenvalue weighted by atomic mass is 35.5. The van der Waals surface area contributed by atoms with Gasteiger partial charge in [-0.25, -0.2) is 9.97 Å². The van der Waals surface area contributed by atoms with Crippen LogP contribution in [-0.4, -0.2) is 31.1 Å². The van der Waals surface area contributed by atoms with Crippen LogP contribution in [0, 0.1) is 0 Å². The summed E-state index contributed by atoms with van der Waals surface area (Å²) in [5.74, 6) is 0.208. The molecular weight excluding hydrogens is 533 g/mol. The number of hydrogen-bond donors (Lipinski definition) is 1. The van der Waals surface area contributed by atoms with E-state index in [0.29, 0.717) is 43.4 Å². The first-order valence-corrected chi connectivity index (χ1v) is 12.7. The Kier molecular flexibility index (Phi) is 5.99. The van der Waals surface area contributed by atoms with E-state index in [1.165, 1.54) is 10.9 Å². The number of carbonyl (C=O) groups excluding carboxylic acids is 1. The molecular formula is C27H18Cl3N5O2. The van der Waals surface area contributed by atoms with Crippen LogP contribution in [0.25, 0.3) is 33.9 Å². The van der Waals surface area contributed by atoms with Crippen molar-refractivity contribution >= 4 is 51.9 Å². The van der Waals surface area contributed by atoms with Crippen LogP contribution in [0.1, 0.15) is 23.2 Å². The van der Waals surface area contributed by atoms with Crippen molar-refractivity contribution in [3.8, 4) is 22.8 Å². The van der Waals surface area contributed by atoms with E-state index in [-0.39, 0.29) is 28.7 Å². The molecule has 1 amide bonds. The third kappa shape index (κ3) is 4.50. The summed E-state index contributed by atoms with van der Waals surface area (Å²) in [6, 6.07) is 19.1. The quantitative estimate of drug-likeness (QED) is 0.287. The monoisotopic (exact) mass is 549 g/mol. The van der Waals surface area contributed by atoms with Crippen molar-refractivity contribution in [2.24, 2.45) is 0 Å². The second-order valence-corrected chi connectivity index (χ2v) is 10.0. The molecule has 3 aromatic carbocycles. The summed E-state index contributed by atoms with van der Waals surface area (Å²) in [5, 5.41) is 4.32. The van der Waals surface area contributed by atoms with Crippen molar-refractivity contribution in [1.29, 1.82) is 0 Å². The lowest BCUT2D eigenvalue weighted by molar-refractivity contribution is 0.0951. The molecule has 0 unspecified atom stereocenters. The van der Waals surface area contributed by atoms with E-state index < -0.39 is 0 Å². The highest BCUT2D eigenvalue weighted by Crippen LogP contribution is 2.31. The summed E-state index contributed by atoms with van der Waals surface area (Å²) in [7, 11) is 0. The number of fused-ring (bicyclic) bond motifs is 1. The van der Waals surface area contributed by atoms with Crippen LogP contribution < -0.4 is 10.9 Å². The summed E-state index contributed by atoms with van der Waals surface area (Å²) in [6.45, 7) is 0. The van der Waals surface area contributed by atoms with E-state index in [2.05, 4.69) is 10.3 Å². The van der Waals surface area contributed by atoms with E-state index in [9.17, 15) is 9.59 Å². The first-order valence-electron chi connectivity index (χ1n) is 11.5. The van der Waals surface area contributed by atoms with Crippen molar-refractivity contribution in [2.45, 2.75) is 18.9 Å². The topological polar surface area (TPSA) is 81.8 Å². The van der Waals surface area contributed by atoms with E-state index in [1.54, 1.807) is 71.3 Å². The molecule has 1 fully saturated rings. The summed E-state index contributed by atoms with van der Waals surface area (Å²) < 4.78 is 3.14. The summed E-state index contributed by atoms with van der Waals surface area (Å²) in [4.78, 5) is 35.6. The third-order valence-corrected chi connectivity index (χ3v) is 6.95. The SMILES string of the molecule is O=C(NC1CC1)c1ccc(-n2cnc3nc(-c4ccc(Cl)cc4Cl)n(-c4ccc(Cl)cc4)c(=O)c32)cc1. The maximum Gasteiger partial charge on any atom is 0.285 e. The van der Waals surface area contributed by atoms with E-state index >= 15 is 0 Å². The highest BCUT2D eigenvalue weighted by Gasteiger charge is 2.24. The van der Waals surface area contributed by atoms with Gasteiger partial charge in [-0.05, 0) is 79.6 Å². The van der Waals surface area contributed by atoms with Gasteiger partial charge in [0.15, 0.2) is 17.0 Å². The molecule has 1 aliphatic rings. The fraction of sp³-hybridized carbons (Fsp3) is 0.111. The Bertz CT molecular complexity index is 1720. The summed E-state index contributed by atoms with van der Waals surface area (Å²) >= 11 is 18.7. The van der Waals surface area contributed by atoms with Crippen LogP contribution in [0.3, 0.4) is 0 Å². The normalized spacial score (nSPS) is 13.2. The Hall–Kier alpha value is -3.65. The molecule has 10 heteroatoms. The number of carbonyl (C=O) groups is 1. The molecule has 7 nitrogen and oxygen atoms in total. The molecule has 1 aliphatic carbocycles. The molecule has 1 N–H and O–H groups in total. The minimum absolute atomic E-state index is 0.110. The van der Waals surface area contributed by atoms with Crippen LogP contribution in [0.15, 0.2) is 77.9 Å². The van der Waals surface area contributed by atoms with E-state index in [1.807, 2.05) is 0 Å². The largest absolute Gasteiger partial charge is 0.349 e. The molecule has 0 saturated heterocycles. The Labute approximate surface area is 226 Å². The first kappa shape index (κ1) is 23.7. The molecule has 0 bridgehead atoms. The number of aromatic nitrogens is 4. The van der Waals surface area contributed by atoms with Gasteiger partial charge in [0.1, 0.15) is 6.33 Å². The minimum atomic E-state index is -0.346. The number of benzene rings is 3. The van der Waals surface area contributed by atoms with Gasteiger partial charge in [-0.1, -0.05) is 34.8 Å². The highest BCUT2D eigenvalue weighted by molar-refractivity contribution is 6.36. The van der Waals surface area contributed by atoms with Crippen molar-refractivity contribution in [2.75, 3.05) is 0 Å². The Balaban J connectivity index is 1.52. The Morgan fingerprint density at radius 3 is 2.24 bits per heavy atom. The predicted molar refractivity (Wildman–Crippen MR) is 145 cm³/mol. The lowest BCUT2D eigenvalue weighted by Gasteiger charge is -2.15. The number of nitrogens with one attached hydrogen (secondary N) is 1. The van der Waals surface area contributed by atoms with Gasteiger partial charge < -0.3 is 5.32 Å². The molecule has 1 saturated carbocycles. The van der Waals surface area contributed by atoms with Crippen molar-refractivity contribution < 1.29 is 4.79 Å². The van der Waals surface area contributed by atoms with Crippen LogP contribution in [0.5, 0.6) is 0 Å². The van der Waals surface area contributed by atoms with Crippen LogP contribution >= 0.6 is 34.8 Å². The molecule has 2 aromatic heterocycles. The maximum atomic E-state index is 14.0. The van der Waals surface area contributed by atoms with Gasteiger partial charge in [0.25, 0.3) is 11.5 Å². The maximum absolute atomic E-state index is 14.0. The molecule has 37 heavy (non-hydrogen) atoms. The molecule has 2 heterocycles. The van der Waals surface area contributed by atoms with Crippen molar-refractivity contribution in [3.63, 3.8) is 0 Å². The number of rotatable bonds is 5. The fourth-order valence-corrected chi connectivity index (χ4v) is 4.74. The zero-order chi connectivity index (χ0) is 25.7. The Morgan fingerprint density at radius 1 is 0.892 bits per heavy atom. The minimum Gasteiger partial charge on any atom is -0.349 e. The molecule has 5 aromatic rings. The molecule has 184 valence electrons. The Morgan fingerprint density at radius 2 is 1.57 bits per heavy atom. The average Bonchev–Trinajstić information content (AvgIpc) is 3.60. The smallest absolute Gasteiger partial charge is 0.285 e. The standard InChI is InChI=1S/C27H18Cl3N5O2/c28-16-3-10-20(11-4-16)35-25(21-12-5-17(29)13-22(21)30)33-24-23(27(35)37)34(14-31-24)19-8-1-15(2-9-19)26(36)32-18-6-7-18/h1-5,8-14,18H,6-7H2,(H,32,36). The predicted octanol–water partition coefficient (Wildman–Crippen LogP) is 6.09. The van der Waals surface area contributed by atoms with Crippen molar-refractivity contribution in [1.82, 2.24) is 24.4 Å².